The Hall–Kier alpha value is -2.24. The number of nitrogens with one attached hydrogen (secondary N) is 2. The van der Waals surface area contributed by atoms with Crippen LogP contribution in [0.3, 0.4) is 0 Å². The van der Waals surface area contributed by atoms with E-state index in [-0.39, 0.29) is 18.5 Å². The lowest BCUT2D eigenvalue weighted by Gasteiger charge is -2.26. The van der Waals surface area contributed by atoms with E-state index in [2.05, 4.69) is 10.6 Å². The first-order valence-electron chi connectivity index (χ1n) is 6.83. The van der Waals surface area contributed by atoms with Gasteiger partial charge in [0.25, 0.3) is 0 Å². The maximum Gasteiger partial charge on any atom is 0.319 e. The molecule has 0 bridgehead atoms. The summed E-state index contributed by atoms with van der Waals surface area (Å²) in [7, 11) is 0. The first-order chi connectivity index (χ1) is 9.65. The van der Waals surface area contributed by atoms with Crippen molar-refractivity contribution in [1.29, 1.82) is 0 Å². The number of piperidine rings is 1. The van der Waals surface area contributed by atoms with Crippen molar-refractivity contribution in [2.45, 2.75) is 19.3 Å². The molecule has 6 nitrogen and oxygen atoms in total. The van der Waals surface area contributed by atoms with Gasteiger partial charge < -0.3 is 21.3 Å². The Morgan fingerprint density at radius 2 is 1.75 bits per heavy atom. The Balaban J connectivity index is 1.74. The van der Waals surface area contributed by atoms with Gasteiger partial charge in [-0.05, 0) is 43.5 Å². The smallest absolute Gasteiger partial charge is 0.319 e. The van der Waals surface area contributed by atoms with Crippen LogP contribution in [0.5, 0.6) is 0 Å². The summed E-state index contributed by atoms with van der Waals surface area (Å²) >= 11 is 0. The third kappa shape index (κ3) is 4.15. The van der Waals surface area contributed by atoms with Gasteiger partial charge >= 0.3 is 6.03 Å². The van der Waals surface area contributed by atoms with Crippen molar-refractivity contribution in [3.8, 4) is 0 Å². The van der Waals surface area contributed by atoms with Crippen LogP contribution in [0.15, 0.2) is 24.3 Å². The van der Waals surface area contributed by atoms with Crippen molar-refractivity contribution < 1.29 is 9.59 Å². The molecular weight excluding hydrogens is 256 g/mol. The van der Waals surface area contributed by atoms with Crippen LogP contribution >= 0.6 is 0 Å². The van der Waals surface area contributed by atoms with Crippen LogP contribution in [-0.2, 0) is 4.79 Å². The van der Waals surface area contributed by atoms with Gasteiger partial charge in [-0.15, -0.1) is 0 Å². The highest BCUT2D eigenvalue weighted by Gasteiger charge is 2.16. The van der Waals surface area contributed by atoms with E-state index in [9.17, 15) is 9.59 Å². The molecule has 1 saturated heterocycles. The summed E-state index contributed by atoms with van der Waals surface area (Å²) in [5.41, 5.74) is 6.84. The minimum absolute atomic E-state index is 0.0286. The highest BCUT2D eigenvalue weighted by Crippen LogP contribution is 2.10. The lowest BCUT2D eigenvalue weighted by atomic mass is 10.1. The second-order valence-corrected chi connectivity index (χ2v) is 4.87. The van der Waals surface area contributed by atoms with Gasteiger partial charge in [0.1, 0.15) is 0 Å². The summed E-state index contributed by atoms with van der Waals surface area (Å²) < 4.78 is 0. The van der Waals surface area contributed by atoms with Gasteiger partial charge in [0.2, 0.25) is 5.91 Å². The zero-order valence-electron chi connectivity index (χ0n) is 11.4. The highest BCUT2D eigenvalue weighted by atomic mass is 16.2. The molecular formula is C14H20N4O2. The minimum atomic E-state index is -0.389. The molecule has 0 spiro atoms. The molecule has 20 heavy (non-hydrogen) atoms. The maximum absolute atomic E-state index is 11.9. The normalized spacial score (nSPS) is 14.7. The molecule has 108 valence electrons. The lowest BCUT2D eigenvalue weighted by Crippen LogP contribution is -2.43. The highest BCUT2D eigenvalue weighted by molar-refractivity contribution is 5.92. The number of nitrogens with two attached hydrogens (primary N) is 1. The number of carbonyl (C=O) groups excluding carboxylic acids is 2. The predicted octanol–water partition coefficient (Wildman–Crippen LogP) is 1.40. The number of hydrogen-bond acceptors (Lipinski definition) is 3. The van der Waals surface area contributed by atoms with E-state index in [4.69, 9.17) is 5.73 Å². The molecule has 1 heterocycles. The fraction of sp³-hybridized carbons (Fsp3) is 0.429. The Morgan fingerprint density at radius 1 is 1.10 bits per heavy atom. The van der Waals surface area contributed by atoms with Crippen LogP contribution in [0.25, 0.3) is 0 Å². The summed E-state index contributed by atoms with van der Waals surface area (Å²) in [5, 5.41) is 5.22. The van der Waals surface area contributed by atoms with E-state index in [1.165, 1.54) is 6.42 Å². The zero-order chi connectivity index (χ0) is 14.4. The molecule has 6 heteroatoms. The molecule has 4 N–H and O–H groups in total. The number of nitrogens with zero attached hydrogens (tertiary/aromatic N) is 1. The largest absolute Gasteiger partial charge is 0.399 e. The molecule has 1 aliphatic rings. The molecule has 1 aromatic rings. The van der Waals surface area contributed by atoms with Crippen molar-refractivity contribution in [1.82, 2.24) is 10.2 Å². The van der Waals surface area contributed by atoms with Crippen LogP contribution in [-0.4, -0.2) is 36.5 Å². The Labute approximate surface area is 118 Å². The SMILES string of the molecule is Nc1ccc(NC(=O)NCC(=O)N2CCCCC2)cc1. The average Bonchev–Trinajstić information content (AvgIpc) is 2.48. The lowest BCUT2D eigenvalue weighted by molar-refractivity contribution is -0.130. The molecule has 3 amide bonds. The van der Waals surface area contributed by atoms with Crippen LogP contribution in [0.2, 0.25) is 0 Å². The van der Waals surface area contributed by atoms with Gasteiger partial charge in [0, 0.05) is 24.5 Å². The first-order valence-corrected chi connectivity index (χ1v) is 6.83. The number of carbonyl (C=O) groups is 2. The summed E-state index contributed by atoms with van der Waals surface area (Å²) in [4.78, 5) is 25.3. The van der Waals surface area contributed by atoms with Crippen LogP contribution in [0.4, 0.5) is 16.2 Å². The average molecular weight is 276 g/mol. The fourth-order valence-corrected chi connectivity index (χ4v) is 2.15. The van der Waals surface area contributed by atoms with Crippen LogP contribution < -0.4 is 16.4 Å². The van der Waals surface area contributed by atoms with Crippen LogP contribution in [0.1, 0.15) is 19.3 Å². The third-order valence-corrected chi connectivity index (χ3v) is 3.28. The van der Waals surface area contributed by atoms with Crippen LogP contribution in [0, 0.1) is 0 Å². The number of likely N-dealkylation sites (tertiary alicyclic amines) is 1. The summed E-state index contributed by atoms with van der Waals surface area (Å²) in [5.74, 6) is -0.0304. The fourth-order valence-electron chi connectivity index (χ4n) is 2.15. The number of amides is 3. The molecule has 0 saturated carbocycles. The molecule has 0 unspecified atom stereocenters. The van der Waals surface area contributed by atoms with Crippen molar-refractivity contribution in [2.24, 2.45) is 0 Å². The number of nitrogen functional groups attached to an aromatic ring is 1. The van der Waals surface area contributed by atoms with Gasteiger partial charge in [-0.2, -0.15) is 0 Å². The predicted molar refractivity (Wildman–Crippen MR) is 78.3 cm³/mol. The van der Waals surface area contributed by atoms with Gasteiger partial charge in [0.05, 0.1) is 6.54 Å². The molecule has 0 aliphatic carbocycles. The summed E-state index contributed by atoms with van der Waals surface area (Å²) in [6.45, 7) is 1.61. The molecule has 0 aromatic heterocycles. The number of hydrogen-bond donors (Lipinski definition) is 3. The van der Waals surface area contributed by atoms with E-state index in [0.29, 0.717) is 11.4 Å². The summed E-state index contributed by atoms with van der Waals surface area (Å²) in [6.07, 6.45) is 3.27. The molecule has 0 atom stereocenters. The molecule has 1 fully saturated rings. The standard InChI is InChI=1S/C14H20N4O2/c15-11-4-6-12(7-5-11)17-14(20)16-10-13(19)18-8-2-1-3-9-18/h4-7H,1-3,8-10,15H2,(H2,16,17,20). The number of anilines is 2. The van der Waals surface area contributed by atoms with Gasteiger partial charge in [-0.25, -0.2) is 4.79 Å². The first kappa shape index (κ1) is 14.2. The van der Waals surface area contributed by atoms with Crippen molar-refractivity contribution in [2.75, 3.05) is 30.7 Å². The second kappa shape index (κ2) is 6.79. The van der Waals surface area contributed by atoms with Crippen molar-refractivity contribution >= 4 is 23.3 Å². The van der Waals surface area contributed by atoms with E-state index in [0.717, 1.165) is 25.9 Å². The molecule has 1 aromatic carbocycles. The molecule has 1 aliphatic heterocycles. The monoisotopic (exact) mass is 276 g/mol. The number of rotatable bonds is 3. The van der Waals surface area contributed by atoms with Gasteiger partial charge in [-0.1, -0.05) is 0 Å². The summed E-state index contributed by atoms with van der Waals surface area (Å²) in [6, 6.07) is 6.44. The molecule has 0 radical (unpaired) electrons. The second-order valence-electron chi connectivity index (χ2n) is 4.87. The van der Waals surface area contributed by atoms with E-state index >= 15 is 0 Å². The third-order valence-electron chi connectivity index (χ3n) is 3.28. The Kier molecular flexibility index (Phi) is 4.81. The zero-order valence-corrected chi connectivity index (χ0v) is 11.4. The minimum Gasteiger partial charge on any atom is -0.399 e. The maximum atomic E-state index is 11.9. The Morgan fingerprint density at radius 3 is 2.40 bits per heavy atom. The number of benzene rings is 1. The van der Waals surface area contributed by atoms with Gasteiger partial charge in [-0.3, -0.25) is 4.79 Å². The number of urea groups is 1. The van der Waals surface area contributed by atoms with E-state index in [1.54, 1.807) is 29.2 Å². The van der Waals surface area contributed by atoms with Gasteiger partial charge in [0.15, 0.2) is 0 Å². The molecule has 2 rings (SSSR count). The van der Waals surface area contributed by atoms with E-state index in [1.807, 2.05) is 0 Å². The Bertz CT molecular complexity index is 467. The quantitative estimate of drug-likeness (QED) is 0.729. The van der Waals surface area contributed by atoms with Crippen molar-refractivity contribution in [3.63, 3.8) is 0 Å². The van der Waals surface area contributed by atoms with E-state index < -0.39 is 0 Å². The topological polar surface area (TPSA) is 87.5 Å². The van der Waals surface area contributed by atoms with Crippen molar-refractivity contribution in [3.05, 3.63) is 24.3 Å².